The molecule has 3 heteroatoms. The molecule has 3 aromatic rings. The molecule has 0 fully saturated rings. The maximum atomic E-state index is 12.0. The second kappa shape index (κ2) is 4.90. The maximum Gasteiger partial charge on any atom is 0.251 e. The van der Waals surface area contributed by atoms with Crippen LogP contribution in [0.25, 0.3) is 10.9 Å². The van der Waals surface area contributed by atoms with Crippen LogP contribution >= 0.6 is 11.6 Å². The quantitative estimate of drug-likeness (QED) is 0.695. The lowest BCUT2D eigenvalue weighted by atomic mass is 10.2. The third-order valence-electron chi connectivity index (χ3n) is 3.15. The highest BCUT2D eigenvalue weighted by atomic mass is 35.5. The molecule has 0 spiro atoms. The third-order valence-corrected chi connectivity index (χ3v) is 3.40. The SMILES string of the molecule is O=c1ccc2ccccc2n1Cc1ccc(Cl)cc1. The summed E-state index contributed by atoms with van der Waals surface area (Å²) in [7, 11) is 0. The standard InChI is InChI=1S/C16H12ClNO/c17-14-8-5-12(6-9-14)11-18-15-4-2-1-3-13(15)7-10-16(18)19/h1-10H,11H2. The van der Waals surface area contributed by atoms with E-state index in [1.807, 2.05) is 54.6 Å². The van der Waals surface area contributed by atoms with Crippen LogP contribution in [0.2, 0.25) is 5.02 Å². The van der Waals surface area contributed by atoms with Gasteiger partial charge in [0.25, 0.3) is 5.56 Å². The molecule has 0 unspecified atom stereocenters. The Morgan fingerprint density at radius 3 is 2.42 bits per heavy atom. The number of nitrogens with zero attached hydrogens (tertiary/aromatic N) is 1. The summed E-state index contributed by atoms with van der Waals surface area (Å²) < 4.78 is 1.78. The van der Waals surface area contributed by atoms with E-state index in [9.17, 15) is 4.79 Å². The smallest absolute Gasteiger partial charge is 0.251 e. The summed E-state index contributed by atoms with van der Waals surface area (Å²) in [6.45, 7) is 0.553. The predicted molar refractivity (Wildman–Crippen MR) is 78.8 cm³/mol. The van der Waals surface area contributed by atoms with Crippen molar-refractivity contribution in [2.75, 3.05) is 0 Å². The summed E-state index contributed by atoms with van der Waals surface area (Å²) in [5.74, 6) is 0. The van der Waals surface area contributed by atoms with E-state index in [2.05, 4.69) is 0 Å². The van der Waals surface area contributed by atoms with E-state index >= 15 is 0 Å². The molecule has 0 saturated heterocycles. The highest BCUT2D eigenvalue weighted by Crippen LogP contribution is 2.14. The Hall–Kier alpha value is -2.06. The lowest BCUT2D eigenvalue weighted by Crippen LogP contribution is -2.19. The molecule has 1 heterocycles. The highest BCUT2D eigenvalue weighted by molar-refractivity contribution is 6.30. The number of para-hydroxylation sites is 1. The minimum Gasteiger partial charge on any atom is -0.304 e. The number of pyridine rings is 1. The zero-order valence-electron chi connectivity index (χ0n) is 10.2. The molecule has 0 amide bonds. The topological polar surface area (TPSA) is 22.0 Å². The van der Waals surface area contributed by atoms with Crippen molar-refractivity contribution in [3.63, 3.8) is 0 Å². The Kier molecular flexibility index (Phi) is 3.10. The number of hydrogen-bond acceptors (Lipinski definition) is 1. The van der Waals surface area contributed by atoms with E-state index < -0.39 is 0 Å². The minimum atomic E-state index is 0.00801. The number of fused-ring (bicyclic) bond motifs is 1. The third kappa shape index (κ3) is 2.40. The first kappa shape index (κ1) is 12.0. The van der Waals surface area contributed by atoms with E-state index in [-0.39, 0.29) is 5.56 Å². The molecule has 0 bridgehead atoms. The van der Waals surface area contributed by atoms with E-state index in [4.69, 9.17) is 11.6 Å². The Morgan fingerprint density at radius 1 is 0.895 bits per heavy atom. The summed E-state index contributed by atoms with van der Waals surface area (Å²) in [4.78, 5) is 12.0. The van der Waals surface area contributed by atoms with Crippen molar-refractivity contribution < 1.29 is 0 Å². The van der Waals surface area contributed by atoms with Crippen molar-refractivity contribution in [1.82, 2.24) is 4.57 Å². The molecule has 0 aliphatic rings. The first-order chi connectivity index (χ1) is 9.24. The highest BCUT2D eigenvalue weighted by Gasteiger charge is 2.03. The molecule has 0 atom stereocenters. The van der Waals surface area contributed by atoms with Gasteiger partial charge in [-0.05, 0) is 35.2 Å². The molecule has 0 aliphatic carbocycles. The van der Waals surface area contributed by atoms with Gasteiger partial charge in [0.15, 0.2) is 0 Å². The summed E-state index contributed by atoms with van der Waals surface area (Å²) in [6.07, 6.45) is 0. The number of aromatic nitrogens is 1. The van der Waals surface area contributed by atoms with E-state index in [1.165, 1.54) is 0 Å². The molecule has 0 saturated carbocycles. The lowest BCUT2D eigenvalue weighted by molar-refractivity contribution is 0.795. The molecule has 1 aromatic heterocycles. The zero-order valence-corrected chi connectivity index (χ0v) is 11.0. The van der Waals surface area contributed by atoms with Gasteiger partial charge < -0.3 is 4.57 Å². The van der Waals surface area contributed by atoms with E-state index in [1.54, 1.807) is 10.6 Å². The molecule has 2 nitrogen and oxygen atoms in total. The van der Waals surface area contributed by atoms with Gasteiger partial charge in [-0.3, -0.25) is 4.79 Å². The van der Waals surface area contributed by atoms with Crippen LogP contribution in [-0.4, -0.2) is 4.57 Å². The summed E-state index contributed by atoms with van der Waals surface area (Å²) in [6, 6.07) is 18.9. The van der Waals surface area contributed by atoms with E-state index in [0.29, 0.717) is 11.6 Å². The number of hydrogen-bond donors (Lipinski definition) is 0. The van der Waals surface area contributed by atoms with Gasteiger partial charge in [0.2, 0.25) is 0 Å². The van der Waals surface area contributed by atoms with Crippen molar-refractivity contribution in [3.8, 4) is 0 Å². The first-order valence-electron chi connectivity index (χ1n) is 6.07. The van der Waals surface area contributed by atoms with Crippen molar-refractivity contribution >= 4 is 22.5 Å². The van der Waals surface area contributed by atoms with Gasteiger partial charge in [0, 0.05) is 11.1 Å². The zero-order chi connectivity index (χ0) is 13.2. The second-order valence-corrected chi connectivity index (χ2v) is 4.88. The van der Waals surface area contributed by atoms with Crippen LogP contribution in [0.15, 0.2) is 65.5 Å². The normalized spacial score (nSPS) is 10.8. The van der Waals surface area contributed by atoms with Crippen LogP contribution in [0, 0.1) is 0 Å². The Bertz CT molecular complexity index is 775. The van der Waals surface area contributed by atoms with Crippen molar-refractivity contribution in [2.45, 2.75) is 6.54 Å². The summed E-state index contributed by atoms with van der Waals surface area (Å²) in [5.41, 5.74) is 2.02. The summed E-state index contributed by atoms with van der Waals surface area (Å²) in [5, 5.41) is 1.77. The number of rotatable bonds is 2. The van der Waals surface area contributed by atoms with Gasteiger partial charge in [0.05, 0.1) is 12.1 Å². The van der Waals surface area contributed by atoms with Crippen LogP contribution < -0.4 is 5.56 Å². The summed E-state index contributed by atoms with van der Waals surface area (Å²) >= 11 is 5.87. The van der Waals surface area contributed by atoms with Crippen LogP contribution in [0.3, 0.4) is 0 Å². The fourth-order valence-electron chi connectivity index (χ4n) is 2.18. The average Bonchev–Trinajstić information content (AvgIpc) is 2.44. The van der Waals surface area contributed by atoms with Gasteiger partial charge in [-0.15, -0.1) is 0 Å². The Balaban J connectivity index is 2.12. The van der Waals surface area contributed by atoms with Gasteiger partial charge in [-0.2, -0.15) is 0 Å². The van der Waals surface area contributed by atoms with Gasteiger partial charge in [-0.1, -0.05) is 41.9 Å². The van der Waals surface area contributed by atoms with Gasteiger partial charge >= 0.3 is 0 Å². The molecule has 3 rings (SSSR count). The first-order valence-corrected chi connectivity index (χ1v) is 6.45. The molecular weight excluding hydrogens is 258 g/mol. The predicted octanol–water partition coefficient (Wildman–Crippen LogP) is 3.70. The monoisotopic (exact) mass is 269 g/mol. The minimum absolute atomic E-state index is 0.00801. The number of halogens is 1. The van der Waals surface area contributed by atoms with Crippen LogP contribution in [-0.2, 0) is 6.54 Å². The van der Waals surface area contributed by atoms with E-state index in [0.717, 1.165) is 16.5 Å². The number of benzene rings is 2. The van der Waals surface area contributed by atoms with Crippen molar-refractivity contribution in [2.24, 2.45) is 0 Å². The van der Waals surface area contributed by atoms with Gasteiger partial charge in [0.1, 0.15) is 0 Å². The molecule has 2 aromatic carbocycles. The second-order valence-electron chi connectivity index (χ2n) is 4.44. The maximum absolute atomic E-state index is 12.0. The largest absolute Gasteiger partial charge is 0.304 e. The molecule has 0 N–H and O–H groups in total. The average molecular weight is 270 g/mol. The Morgan fingerprint density at radius 2 is 1.63 bits per heavy atom. The van der Waals surface area contributed by atoms with Crippen LogP contribution in [0.4, 0.5) is 0 Å². The Labute approximate surface area is 115 Å². The fraction of sp³-hybridized carbons (Fsp3) is 0.0625. The fourth-order valence-corrected chi connectivity index (χ4v) is 2.31. The molecular formula is C16H12ClNO. The van der Waals surface area contributed by atoms with Crippen LogP contribution in [0.5, 0.6) is 0 Å². The van der Waals surface area contributed by atoms with Crippen LogP contribution in [0.1, 0.15) is 5.56 Å². The molecule has 0 radical (unpaired) electrons. The molecule has 0 aliphatic heterocycles. The van der Waals surface area contributed by atoms with Crippen molar-refractivity contribution in [3.05, 3.63) is 81.6 Å². The lowest BCUT2D eigenvalue weighted by Gasteiger charge is -2.10. The molecule has 94 valence electrons. The van der Waals surface area contributed by atoms with Crippen molar-refractivity contribution in [1.29, 1.82) is 0 Å². The molecule has 19 heavy (non-hydrogen) atoms. The van der Waals surface area contributed by atoms with Gasteiger partial charge in [-0.25, -0.2) is 0 Å².